The molecule has 5 heteroatoms. The molecule has 2 aliphatic rings. The van der Waals surface area contributed by atoms with E-state index in [1.54, 1.807) is 7.11 Å². The lowest BCUT2D eigenvalue weighted by atomic mass is 9.82. The third kappa shape index (κ3) is 4.85. The molecule has 1 aromatic carbocycles. The summed E-state index contributed by atoms with van der Waals surface area (Å²) in [6.07, 6.45) is 5.63. The maximum absolute atomic E-state index is 5.16. The Bertz CT molecular complexity index is 518. The Morgan fingerprint density at radius 3 is 2.25 bits per heavy atom. The lowest BCUT2D eigenvalue weighted by Crippen LogP contribution is -2.39. The van der Waals surface area contributed by atoms with Crippen LogP contribution in [-0.4, -0.2) is 38.1 Å². The molecule has 0 radical (unpaired) electrons. The molecule has 1 aliphatic heterocycles. The molecule has 0 aromatic heterocycles. The third-order valence-electron chi connectivity index (χ3n) is 5.27. The van der Waals surface area contributed by atoms with Crippen LogP contribution in [0.3, 0.4) is 0 Å². The number of ether oxygens (including phenoxy) is 1. The molecule has 1 saturated carbocycles. The van der Waals surface area contributed by atoms with Crippen LogP contribution in [-0.2, 0) is 17.9 Å². The Balaban J connectivity index is 0.00000208. The molecule has 3 rings (SSSR count). The first-order valence-corrected chi connectivity index (χ1v) is 8.82. The van der Waals surface area contributed by atoms with Gasteiger partial charge in [-0.3, -0.25) is 4.99 Å². The number of nitrogens with zero attached hydrogens (tertiary/aromatic N) is 2. The summed E-state index contributed by atoms with van der Waals surface area (Å²) < 4.78 is 5.16. The predicted molar refractivity (Wildman–Crippen MR) is 110 cm³/mol. The highest BCUT2D eigenvalue weighted by atomic mass is 127. The van der Waals surface area contributed by atoms with Gasteiger partial charge in [0, 0.05) is 33.8 Å². The Labute approximate surface area is 163 Å². The minimum atomic E-state index is 0. The molecule has 4 nitrogen and oxygen atoms in total. The van der Waals surface area contributed by atoms with E-state index in [0.717, 1.165) is 24.3 Å². The van der Waals surface area contributed by atoms with Crippen LogP contribution in [0.1, 0.15) is 36.8 Å². The van der Waals surface area contributed by atoms with E-state index in [1.165, 1.54) is 49.9 Å². The SMILES string of the molecule is CN=C(NCc1ccc(COC)cc1)N1CC2CCCCC2C1.I. The van der Waals surface area contributed by atoms with E-state index in [9.17, 15) is 0 Å². The lowest BCUT2D eigenvalue weighted by Gasteiger charge is -2.22. The fourth-order valence-corrected chi connectivity index (χ4v) is 4.01. The molecule has 134 valence electrons. The normalized spacial score (nSPS) is 23.6. The maximum Gasteiger partial charge on any atom is 0.193 e. The second kappa shape index (κ2) is 9.61. The van der Waals surface area contributed by atoms with Crippen molar-refractivity contribution in [3.05, 3.63) is 35.4 Å². The van der Waals surface area contributed by atoms with Gasteiger partial charge in [-0.05, 0) is 35.8 Å². The van der Waals surface area contributed by atoms with Crippen LogP contribution in [0.25, 0.3) is 0 Å². The van der Waals surface area contributed by atoms with Crippen molar-refractivity contribution < 1.29 is 4.74 Å². The average molecular weight is 443 g/mol. The smallest absolute Gasteiger partial charge is 0.193 e. The molecule has 0 spiro atoms. The highest BCUT2D eigenvalue weighted by molar-refractivity contribution is 14.0. The summed E-state index contributed by atoms with van der Waals surface area (Å²) in [5, 5.41) is 3.53. The van der Waals surface area contributed by atoms with Crippen LogP contribution < -0.4 is 5.32 Å². The van der Waals surface area contributed by atoms with Gasteiger partial charge in [0.25, 0.3) is 0 Å². The van der Waals surface area contributed by atoms with E-state index in [4.69, 9.17) is 4.74 Å². The monoisotopic (exact) mass is 443 g/mol. The van der Waals surface area contributed by atoms with E-state index >= 15 is 0 Å². The number of methoxy groups -OCH3 is 1. The number of likely N-dealkylation sites (tertiary alicyclic amines) is 1. The van der Waals surface area contributed by atoms with Gasteiger partial charge in [0.05, 0.1) is 6.61 Å². The van der Waals surface area contributed by atoms with E-state index in [0.29, 0.717) is 6.61 Å². The number of guanidine groups is 1. The second-order valence-corrected chi connectivity index (χ2v) is 6.86. The van der Waals surface area contributed by atoms with Gasteiger partial charge in [-0.2, -0.15) is 0 Å². The molecule has 0 amide bonds. The minimum Gasteiger partial charge on any atom is -0.380 e. The summed E-state index contributed by atoms with van der Waals surface area (Å²) in [6, 6.07) is 8.60. The molecule has 0 bridgehead atoms. The first kappa shape index (κ1) is 19.5. The van der Waals surface area contributed by atoms with Crippen LogP contribution in [0.5, 0.6) is 0 Å². The van der Waals surface area contributed by atoms with Gasteiger partial charge in [0.1, 0.15) is 0 Å². The van der Waals surface area contributed by atoms with Gasteiger partial charge in [-0.15, -0.1) is 24.0 Å². The summed E-state index contributed by atoms with van der Waals surface area (Å²) in [5.74, 6) is 2.83. The zero-order valence-corrected chi connectivity index (χ0v) is 17.2. The Hall–Kier alpha value is -0.820. The number of fused-ring (bicyclic) bond motifs is 1. The van der Waals surface area contributed by atoms with Crippen LogP contribution in [0, 0.1) is 11.8 Å². The van der Waals surface area contributed by atoms with E-state index in [-0.39, 0.29) is 24.0 Å². The number of aliphatic imine (C=N–C) groups is 1. The summed E-state index contributed by atoms with van der Waals surface area (Å²) in [4.78, 5) is 6.96. The third-order valence-corrected chi connectivity index (χ3v) is 5.27. The number of nitrogens with one attached hydrogen (secondary N) is 1. The largest absolute Gasteiger partial charge is 0.380 e. The summed E-state index contributed by atoms with van der Waals surface area (Å²) >= 11 is 0. The Morgan fingerprint density at radius 2 is 1.71 bits per heavy atom. The molecule has 1 saturated heterocycles. The maximum atomic E-state index is 5.16. The van der Waals surface area contributed by atoms with Crippen molar-refractivity contribution in [2.45, 2.75) is 38.8 Å². The van der Waals surface area contributed by atoms with Gasteiger partial charge < -0.3 is 15.0 Å². The fourth-order valence-electron chi connectivity index (χ4n) is 4.01. The van der Waals surface area contributed by atoms with Crippen LogP contribution in [0.4, 0.5) is 0 Å². The highest BCUT2D eigenvalue weighted by Gasteiger charge is 2.35. The van der Waals surface area contributed by atoms with Crippen LogP contribution in [0.2, 0.25) is 0 Å². The zero-order chi connectivity index (χ0) is 16.1. The first-order chi connectivity index (χ1) is 11.3. The zero-order valence-electron chi connectivity index (χ0n) is 14.8. The Morgan fingerprint density at radius 1 is 1.12 bits per heavy atom. The molecule has 1 aliphatic carbocycles. The molecule has 24 heavy (non-hydrogen) atoms. The van der Waals surface area contributed by atoms with Crippen molar-refractivity contribution in [2.75, 3.05) is 27.2 Å². The molecular weight excluding hydrogens is 413 g/mol. The topological polar surface area (TPSA) is 36.9 Å². The second-order valence-electron chi connectivity index (χ2n) is 6.86. The molecular formula is C19H30IN3O. The van der Waals surface area contributed by atoms with E-state index in [1.807, 2.05) is 7.05 Å². The highest BCUT2D eigenvalue weighted by Crippen LogP contribution is 2.35. The molecule has 2 unspecified atom stereocenters. The van der Waals surface area contributed by atoms with Crippen LogP contribution in [0.15, 0.2) is 29.3 Å². The summed E-state index contributed by atoms with van der Waals surface area (Å²) in [6.45, 7) is 3.85. The fraction of sp³-hybridized carbons (Fsp3) is 0.632. The van der Waals surface area contributed by atoms with Gasteiger partial charge >= 0.3 is 0 Å². The summed E-state index contributed by atoms with van der Waals surface area (Å²) in [5.41, 5.74) is 2.49. The van der Waals surface area contributed by atoms with Crippen molar-refractivity contribution in [3.8, 4) is 0 Å². The van der Waals surface area contributed by atoms with Gasteiger partial charge in [-0.25, -0.2) is 0 Å². The number of hydrogen-bond donors (Lipinski definition) is 1. The van der Waals surface area contributed by atoms with Crippen molar-refractivity contribution >= 4 is 29.9 Å². The number of benzene rings is 1. The molecule has 2 fully saturated rings. The Kier molecular flexibility index (Phi) is 7.81. The number of rotatable bonds is 4. The van der Waals surface area contributed by atoms with E-state index < -0.39 is 0 Å². The van der Waals surface area contributed by atoms with Crippen molar-refractivity contribution in [3.63, 3.8) is 0 Å². The number of halogens is 1. The summed E-state index contributed by atoms with van der Waals surface area (Å²) in [7, 11) is 3.62. The van der Waals surface area contributed by atoms with Gasteiger partial charge in [0.2, 0.25) is 0 Å². The number of hydrogen-bond acceptors (Lipinski definition) is 2. The van der Waals surface area contributed by atoms with Crippen LogP contribution >= 0.6 is 24.0 Å². The molecule has 1 N–H and O–H groups in total. The molecule has 1 heterocycles. The molecule has 2 atom stereocenters. The van der Waals surface area contributed by atoms with Gasteiger partial charge in [-0.1, -0.05) is 37.1 Å². The van der Waals surface area contributed by atoms with E-state index in [2.05, 4.69) is 39.5 Å². The van der Waals surface area contributed by atoms with Crippen molar-refractivity contribution in [1.82, 2.24) is 10.2 Å². The quantitative estimate of drug-likeness (QED) is 0.439. The van der Waals surface area contributed by atoms with Crippen molar-refractivity contribution in [1.29, 1.82) is 0 Å². The molecule has 1 aromatic rings. The average Bonchev–Trinajstić information content (AvgIpc) is 3.01. The minimum absolute atomic E-state index is 0. The lowest BCUT2D eigenvalue weighted by molar-refractivity contribution is 0.185. The van der Waals surface area contributed by atoms with Gasteiger partial charge in [0.15, 0.2) is 5.96 Å². The standard InChI is InChI=1S/C19H29N3O.HI/c1-20-19(22-12-17-5-3-4-6-18(17)13-22)21-11-15-7-9-16(10-8-15)14-23-2;/h7-10,17-18H,3-6,11-14H2,1-2H3,(H,20,21);1H. The predicted octanol–water partition coefficient (Wildman–Crippen LogP) is 3.65. The van der Waals surface area contributed by atoms with Crippen molar-refractivity contribution in [2.24, 2.45) is 16.8 Å². The first-order valence-electron chi connectivity index (χ1n) is 8.82.